The van der Waals surface area contributed by atoms with Crippen LogP contribution in [0.2, 0.25) is 0 Å². The van der Waals surface area contributed by atoms with Gasteiger partial charge in [0.25, 0.3) is 0 Å². The average molecular weight is 266 g/mol. The topological polar surface area (TPSA) is 52.9 Å². The zero-order chi connectivity index (χ0) is 14.5. The van der Waals surface area contributed by atoms with Crippen molar-refractivity contribution in [2.45, 2.75) is 13.1 Å². The first-order chi connectivity index (χ1) is 8.84. The molecule has 1 amide bonds. The zero-order valence-corrected chi connectivity index (χ0v) is 9.93. The minimum atomic E-state index is -4.58. The van der Waals surface area contributed by atoms with Crippen molar-refractivity contribution in [2.24, 2.45) is 0 Å². The van der Waals surface area contributed by atoms with Crippen molar-refractivity contribution in [1.29, 1.82) is 5.26 Å². The highest BCUT2D eigenvalue weighted by Crippen LogP contribution is 2.32. The van der Waals surface area contributed by atoms with Crippen molar-refractivity contribution >= 4 is 5.91 Å². The second-order valence-corrected chi connectivity index (χ2v) is 3.58. The van der Waals surface area contributed by atoms with Gasteiger partial charge in [0.15, 0.2) is 0 Å². The Hall–Kier alpha value is -2.47. The Morgan fingerprint density at radius 2 is 2.11 bits per heavy atom. The lowest BCUT2D eigenvalue weighted by atomic mass is 10.0. The third-order valence-electron chi connectivity index (χ3n) is 2.10. The van der Waals surface area contributed by atoms with E-state index >= 15 is 0 Å². The van der Waals surface area contributed by atoms with E-state index in [1.165, 1.54) is 13.0 Å². The number of nitriles is 1. The lowest BCUT2D eigenvalue weighted by molar-refractivity contribution is -0.137. The van der Waals surface area contributed by atoms with Gasteiger partial charge in [-0.25, -0.2) is 0 Å². The summed E-state index contributed by atoms with van der Waals surface area (Å²) in [5.74, 6) is 4.44. The smallest absolute Gasteiger partial charge is 0.345 e. The molecule has 19 heavy (non-hydrogen) atoms. The molecule has 1 aromatic carbocycles. The maximum Gasteiger partial charge on any atom is 0.417 e. The number of alkyl halides is 3. The van der Waals surface area contributed by atoms with Crippen LogP contribution in [0, 0.1) is 23.2 Å². The summed E-state index contributed by atoms with van der Waals surface area (Å²) in [6, 6.07) is 4.80. The summed E-state index contributed by atoms with van der Waals surface area (Å²) in [7, 11) is 0. The molecule has 0 heterocycles. The third kappa shape index (κ3) is 4.36. The Morgan fingerprint density at radius 1 is 1.42 bits per heavy atom. The van der Waals surface area contributed by atoms with Gasteiger partial charge in [-0.1, -0.05) is 11.8 Å². The lowest BCUT2D eigenvalue weighted by Crippen LogP contribution is -2.19. The molecule has 3 nitrogen and oxygen atoms in total. The van der Waals surface area contributed by atoms with Gasteiger partial charge in [0.2, 0.25) is 5.91 Å². The fraction of sp³-hybridized carbons (Fsp3) is 0.231. The quantitative estimate of drug-likeness (QED) is 0.791. The number of carbonyl (C=O) groups excluding carboxylic acids is 1. The van der Waals surface area contributed by atoms with E-state index in [0.717, 1.165) is 12.1 Å². The van der Waals surface area contributed by atoms with Crippen LogP contribution in [0.4, 0.5) is 13.2 Å². The molecule has 0 aromatic heterocycles. The molecular formula is C13H9F3N2O. The lowest BCUT2D eigenvalue weighted by Gasteiger charge is -2.09. The second-order valence-electron chi connectivity index (χ2n) is 3.58. The first-order valence-corrected chi connectivity index (χ1v) is 5.19. The Bertz CT molecular complexity index is 589. The summed E-state index contributed by atoms with van der Waals surface area (Å²) < 4.78 is 38.3. The van der Waals surface area contributed by atoms with Gasteiger partial charge in [0.05, 0.1) is 23.7 Å². The minimum Gasteiger partial charge on any atom is -0.345 e. The van der Waals surface area contributed by atoms with E-state index in [0.29, 0.717) is 0 Å². The summed E-state index contributed by atoms with van der Waals surface area (Å²) in [6.45, 7) is 1.25. The highest BCUT2D eigenvalue weighted by molar-refractivity contribution is 5.73. The maximum atomic E-state index is 12.8. The summed E-state index contributed by atoms with van der Waals surface area (Å²) in [6.07, 6.45) is -4.58. The van der Waals surface area contributed by atoms with E-state index in [1.807, 2.05) is 0 Å². The van der Waals surface area contributed by atoms with Crippen LogP contribution in [0.1, 0.15) is 23.6 Å². The van der Waals surface area contributed by atoms with Gasteiger partial charge in [-0.3, -0.25) is 4.79 Å². The first kappa shape index (κ1) is 14.6. The molecule has 0 atom stereocenters. The normalized spacial score (nSPS) is 10.1. The molecule has 1 rings (SSSR count). The largest absolute Gasteiger partial charge is 0.417 e. The van der Waals surface area contributed by atoms with Crippen LogP contribution in [0.3, 0.4) is 0 Å². The number of rotatable bonds is 1. The molecule has 0 radical (unpaired) electrons. The SMILES string of the molecule is CC(=O)NCC#Cc1ccc(C#N)cc1C(F)(F)F. The van der Waals surface area contributed by atoms with E-state index in [4.69, 9.17) is 5.26 Å². The molecule has 98 valence electrons. The standard InChI is InChI=1S/C13H9F3N2O/c1-9(19)18-6-2-3-11-5-4-10(8-17)7-12(11)13(14,15)16/h4-5,7H,6H2,1H3,(H,18,19). The summed E-state index contributed by atoms with van der Waals surface area (Å²) in [5, 5.41) is 10.9. The molecule has 0 spiro atoms. The molecule has 0 aliphatic carbocycles. The minimum absolute atomic E-state index is 0.0351. The molecule has 6 heteroatoms. The third-order valence-corrected chi connectivity index (χ3v) is 2.10. The number of halogens is 3. The Balaban J connectivity index is 3.07. The van der Waals surface area contributed by atoms with E-state index in [-0.39, 0.29) is 23.6 Å². The van der Waals surface area contributed by atoms with Crippen molar-refractivity contribution in [2.75, 3.05) is 6.54 Å². The van der Waals surface area contributed by atoms with Crippen molar-refractivity contribution in [3.05, 3.63) is 34.9 Å². The van der Waals surface area contributed by atoms with Gasteiger partial charge in [-0.15, -0.1) is 0 Å². The molecule has 0 aliphatic rings. The fourth-order valence-corrected chi connectivity index (χ4v) is 1.27. The van der Waals surface area contributed by atoms with Gasteiger partial charge < -0.3 is 5.32 Å². The number of amides is 1. The summed E-state index contributed by atoms with van der Waals surface area (Å²) >= 11 is 0. The molecule has 0 saturated heterocycles. The number of nitrogens with zero attached hydrogens (tertiary/aromatic N) is 1. The number of carbonyl (C=O) groups is 1. The van der Waals surface area contributed by atoms with Crippen molar-refractivity contribution in [3.63, 3.8) is 0 Å². The molecule has 0 saturated carbocycles. The first-order valence-electron chi connectivity index (χ1n) is 5.19. The Labute approximate surface area is 108 Å². The monoisotopic (exact) mass is 266 g/mol. The summed E-state index contributed by atoms with van der Waals surface area (Å²) in [4.78, 5) is 10.6. The molecule has 0 bridgehead atoms. The summed E-state index contributed by atoms with van der Waals surface area (Å²) in [5.41, 5.74) is -1.27. The zero-order valence-electron chi connectivity index (χ0n) is 9.93. The van der Waals surface area contributed by atoms with Crippen LogP contribution in [0.5, 0.6) is 0 Å². The second kappa shape index (κ2) is 5.92. The van der Waals surface area contributed by atoms with Crippen LogP contribution >= 0.6 is 0 Å². The molecule has 1 N–H and O–H groups in total. The van der Waals surface area contributed by atoms with Crippen LogP contribution in [0.25, 0.3) is 0 Å². The number of hydrogen-bond acceptors (Lipinski definition) is 2. The average Bonchev–Trinajstić information content (AvgIpc) is 2.33. The van der Waals surface area contributed by atoms with Gasteiger partial charge in [0, 0.05) is 12.5 Å². The molecule has 0 unspecified atom stereocenters. The van der Waals surface area contributed by atoms with E-state index in [1.54, 1.807) is 6.07 Å². The number of benzene rings is 1. The highest BCUT2D eigenvalue weighted by atomic mass is 19.4. The number of nitrogens with one attached hydrogen (secondary N) is 1. The van der Waals surface area contributed by atoms with Gasteiger partial charge in [0.1, 0.15) is 0 Å². The van der Waals surface area contributed by atoms with Gasteiger partial charge in [-0.2, -0.15) is 18.4 Å². The van der Waals surface area contributed by atoms with E-state index < -0.39 is 11.7 Å². The molecule has 0 aliphatic heterocycles. The molecule has 0 fully saturated rings. The number of hydrogen-bond donors (Lipinski definition) is 1. The van der Waals surface area contributed by atoms with Crippen LogP contribution in [-0.2, 0) is 11.0 Å². The van der Waals surface area contributed by atoms with Crippen molar-refractivity contribution in [1.82, 2.24) is 5.32 Å². The fourth-order valence-electron chi connectivity index (χ4n) is 1.27. The predicted molar refractivity (Wildman–Crippen MR) is 61.7 cm³/mol. The van der Waals surface area contributed by atoms with E-state index in [9.17, 15) is 18.0 Å². The van der Waals surface area contributed by atoms with Crippen LogP contribution in [0.15, 0.2) is 18.2 Å². The van der Waals surface area contributed by atoms with Crippen molar-refractivity contribution in [3.8, 4) is 17.9 Å². The van der Waals surface area contributed by atoms with Crippen LogP contribution in [-0.4, -0.2) is 12.5 Å². The Morgan fingerprint density at radius 3 is 2.63 bits per heavy atom. The predicted octanol–water partition coefficient (Wildman–Crippen LogP) is 2.06. The molecule has 1 aromatic rings. The van der Waals surface area contributed by atoms with E-state index in [2.05, 4.69) is 17.2 Å². The van der Waals surface area contributed by atoms with Crippen molar-refractivity contribution < 1.29 is 18.0 Å². The van der Waals surface area contributed by atoms with Gasteiger partial charge >= 0.3 is 6.18 Å². The maximum absolute atomic E-state index is 12.8. The molecular weight excluding hydrogens is 257 g/mol. The highest BCUT2D eigenvalue weighted by Gasteiger charge is 2.33. The van der Waals surface area contributed by atoms with Gasteiger partial charge in [-0.05, 0) is 18.2 Å². The Kier molecular flexibility index (Phi) is 4.55. The van der Waals surface area contributed by atoms with Crippen LogP contribution < -0.4 is 5.32 Å².